The number of ether oxygens (including phenoxy) is 1. The summed E-state index contributed by atoms with van der Waals surface area (Å²) >= 11 is 3.23. The Kier molecular flexibility index (Phi) is 5.52. The van der Waals surface area contributed by atoms with Crippen LogP contribution in [0.15, 0.2) is 22.7 Å². The first kappa shape index (κ1) is 18.7. The van der Waals surface area contributed by atoms with Crippen LogP contribution < -0.4 is 0 Å². The SMILES string of the molecule is CC1CN(C(=O)c2ccc(F)cc2Br)CCN1C(=O)OC(C)(C)C. The van der Waals surface area contributed by atoms with Crippen LogP contribution in [0.4, 0.5) is 9.18 Å². The van der Waals surface area contributed by atoms with E-state index in [1.165, 1.54) is 18.2 Å². The van der Waals surface area contributed by atoms with Gasteiger partial charge in [-0.2, -0.15) is 0 Å². The highest BCUT2D eigenvalue weighted by Gasteiger charge is 2.33. The van der Waals surface area contributed by atoms with Crippen molar-refractivity contribution in [3.8, 4) is 0 Å². The molecule has 132 valence electrons. The number of rotatable bonds is 1. The van der Waals surface area contributed by atoms with Crippen LogP contribution in [-0.4, -0.2) is 53.1 Å². The lowest BCUT2D eigenvalue weighted by atomic mass is 10.1. The summed E-state index contributed by atoms with van der Waals surface area (Å²) in [5, 5.41) is 0. The van der Waals surface area contributed by atoms with E-state index >= 15 is 0 Å². The van der Waals surface area contributed by atoms with E-state index < -0.39 is 11.4 Å². The first-order chi connectivity index (χ1) is 11.1. The summed E-state index contributed by atoms with van der Waals surface area (Å²) in [5.41, 5.74) is -0.141. The Hall–Kier alpha value is -1.63. The highest BCUT2D eigenvalue weighted by Crippen LogP contribution is 2.22. The number of halogens is 2. The van der Waals surface area contributed by atoms with Gasteiger partial charge in [0.1, 0.15) is 11.4 Å². The van der Waals surface area contributed by atoms with Gasteiger partial charge in [0.15, 0.2) is 0 Å². The quantitative estimate of drug-likeness (QED) is 0.722. The van der Waals surface area contributed by atoms with Gasteiger partial charge in [0, 0.05) is 30.1 Å². The number of piperazine rings is 1. The van der Waals surface area contributed by atoms with E-state index in [1.54, 1.807) is 9.80 Å². The Bertz CT molecular complexity index is 645. The molecule has 2 amide bonds. The van der Waals surface area contributed by atoms with E-state index in [-0.39, 0.29) is 18.0 Å². The molecule has 0 radical (unpaired) electrons. The molecule has 1 saturated heterocycles. The van der Waals surface area contributed by atoms with Gasteiger partial charge in [0.25, 0.3) is 5.91 Å². The molecule has 0 N–H and O–H groups in total. The van der Waals surface area contributed by atoms with Crippen molar-refractivity contribution in [1.29, 1.82) is 0 Å². The third kappa shape index (κ3) is 4.47. The van der Waals surface area contributed by atoms with Crippen molar-refractivity contribution in [3.05, 3.63) is 34.1 Å². The molecular formula is C17H22BrFN2O3. The van der Waals surface area contributed by atoms with Crippen LogP contribution >= 0.6 is 15.9 Å². The topological polar surface area (TPSA) is 49.9 Å². The molecule has 2 rings (SSSR count). The van der Waals surface area contributed by atoms with Crippen molar-refractivity contribution in [2.45, 2.75) is 39.3 Å². The molecule has 5 nitrogen and oxygen atoms in total. The molecule has 0 bridgehead atoms. The molecule has 1 unspecified atom stereocenters. The second kappa shape index (κ2) is 7.09. The lowest BCUT2D eigenvalue weighted by Crippen LogP contribution is -2.56. The molecule has 1 heterocycles. The molecule has 1 aromatic carbocycles. The summed E-state index contributed by atoms with van der Waals surface area (Å²) in [6.07, 6.45) is -0.370. The minimum Gasteiger partial charge on any atom is -0.444 e. The van der Waals surface area contributed by atoms with E-state index in [0.29, 0.717) is 29.7 Å². The van der Waals surface area contributed by atoms with E-state index in [2.05, 4.69) is 15.9 Å². The molecule has 7 heteroatoms. The van der Waals surface area contributed by atoms with Crippen LogP contribution in [0.3, 0.4) is 0 Å². The summed E-state index contributed by atoms with van der Waals surface area (Å²) in [6, 6.07) is 3.84. The molecule has 0 aromatic heterocycles. The van der Waals surface area contributed by atoms with Crippen molar-refractivity contribution in [3.63, 3.8) is 0 Å². The first-order valence-corrected chi connectivity index (χ1v) is 8.62. The van der Waals surface area contributed by atoms with Gasteiger partial charge in [-0.3, -0.25) is 4.79 Å². The monoisotopic (exact) mass is 400 g/mol. The molecule has 1 aliphatic heterocycles. The Morgan fingerprint density at radius 2 is 1.96 bits per heavy atom. The number of carbonyl (C=O) groups is 2. The third-order valence-corrected chi connectivity index (χ3v) is 4.36. The molecule has 0 aliphatic carbocycles. The fourth-order valence-electron chi connectivity index (χ4n) is 2.57. The van der Waals surface area contributed by atoms with Gasteiger partial charge in [0.05, 0.1) is 5.56 Å². The fourth-order valence-corrected chi connectivity index (χ4v) is 3.09. The average Bonchev–Trinajstić information content (AvgIpc) is 2.44. The van der Waals surface area contributed by atoms with Gasteiger partial charge in [-0.25, -0.2) is 9.18 Å². The predicted molar refractivity (Wildman–Crippen MR) is 92.4 cm³/mol. The number of hydrogen-bond donors (Lipinski definition) is 0. The molecule has 1 atom stereocenters. The van der Waals surface area contributed by atoms with Gasteiger partial charge in [0.2, 0.25) is 0 Å². The standard InChI is InChI=1S/C17H22BrFN2O3/c1-11-10-20(7-8-21(11)16(23)24-17(2,3)4)15(22)13-6-5-12(19)9-14(13)18/h5-6,9,11H,7-8,10H2,1-4H3. The number of hydrogen-bond acceptors (Lipinski definition) is 3. The van der Waals surface area contributed by atoms with Crippen molar-refractivity contribution >= 4 is 27.9 Å². The molecular weight excluding hydrogens is 379 g/mol. The van der Waals surface area contributed by atoms with Gasteiger partial charge in [-0.05, 0) is 61.8 Å². The minimum atomic E-state index is -0.553. The van der Waals surface area contributed by atoms with Crippen LogP contribution in [0.25, 0.3) is 0 Å². The van der Waals surface area contributed by atoms with E-state index in [0.717, 1.165) is 0 Å². The van der Waals surface area contributed by atoms with Gasteiger partial charge >= 0.3 is 6.09 Å². The summed E-state index contributed by atoms with van der Waals surface area (Å²) in [5.74, 6) is -0.584. The Morgan fingerprint density at radius 3 is 2.50 bits per heavy atom. The van der Waals surface area contributed by atoms with E-state index in [1.807, 2.05) is 27.7 Å². The largest absolute Gasteiger partial charge is 0.444 e. The third-order valence-electron chi connectivity index (χ3n) is 3.70. The lowest BCUT2D eigenvalue weighted by molar-refractivity contribution is 0.00197. The van der Waals surface area contributed by atoms with Crippen molar-refractivity contribution < 1.29 is 18.7 Å². The van der Waals surface area contributed by atoms with E-state index in [4.69, 9.17) is 4.74 Å². The minimum absolute atomic E-state index is 0.156. The lowest BCUT2D eigenvalue weighted by Gasteiger charge is -2.40. The Morgan fingerprint density at radius 1 is 1.29 bits per heavy atom. The maximum atomic E-state index is 13.2. The van der Waals surface area contributed by atoms with Crippen LogP contribution in [0.1, 0.15) is 38.1 Å². The van der Waals surface area contributed by atoms with Crippen LogP contribution in [0.2, 0.25) is 0 Å². The number of amides is 2. The summed E-state index contributed by atoms with van der Waals surface area (Å²) in [4.78, 5) is 28.1. The van der Waals surface area contributed by atoms with Gasteiger partial charge < -0.3 is 14.5 Å². The Labute approximate surface area is 149 Å². The molecule has 1 aromatic rings. The highest BCUT2D eigenvalue weighted by atomic mass is 79.9. The van der Waals surface area contributed by atoms with Crippen molar-refractivity contribution in [1.82, 2.24) is 9.80 Å². The second-order valence-electron chi connectivity index (χ2n) is 6.90. The van der Waals surface area contributed by atoms with E-state index in [9.17, 15) is 14.0 Å². The summed E-state index contributed by atoms with van der Waals surface area (Å²) in [6.45, 7) is 8.56. The molecule has 0 spiro atoms. The van der Waals surface area contributed by atoms with Crippen LogP contribution in [-0.2, 0) is 4.74 Å². The summed E-state index contributed by atoms with van der Waals surface area (Å²) < 4.78 is 19.0. The van der Waals surface area contributed by atoms with Crippen molar-refractivity contribution in [2.75, 3.05) is 19.6 Å². The number of carbonyl (C=O) groups excluding carboxylic acids is 2. The summed E-state index contributed by atoms with van der Waals surface area (Å²) in [7, 11) is 0. The van der Waals surface area contributed by atoms with Crippen LogP contribution in [0.5, 0.6) is 0 Å². The second-order valence-corrected chi connectivity index (χ2v) is 7.75. The first-order valence-electron chi connectivity index (χ1n) is 7.82. The predicted octanol–water partition coefficient (Wildman–Crippen LogP) is 3.67. The zero-order chi connectivity index (χ0) is 18.1. The number of nitrogens with zero attached hydrogens (tertiary/aromatic N) is 2. The average molecular weight is 401 g/mol. The van der Waals surface area contributed by atoms with Gasteiger partial charge in [-0.1, -0.05) is 0 Å². The van der Waals surface area contributed by atoms with Gasteiger partial charge in [-0.15, -0.1) is 0 Å². The highest BCUT2D eigenvalue weighted by molar-refractivity contribution is 9.10. The fraction of sp³-hybridized carbons (Fsp3) is 0.529. The zero-order valence-electron chi connectivity index (χ0n) is 14.3. The molecule has 1 aliphatic rings. The zero-order valence-corrected chi connectivity index (χ0v) is 15.9. The maximum absolute atomic E-state index is 13.2. The van der Waals surface area contributed by atoms with Crippen LogP contribution in [0, 0.1) is 5.82 Å². The number of benzene rings is 1. The molecule has 24 heavy (non-hydrogen) atoms. The van der Waals surface area contributed by atoms with Crippen molar-refractivity contribution in [2.24, 2.45) is 0 Å². The Balaban J connectivity index is 2.05. The smallest absolute Gasteiger partial charge is 0.410 e. The molecule has 1 fully saturated rings. The normalized spacial score (nSPS) is 18.5. The maximum Gasteiger partial charge on any atom is 0.410 e. The molecule has 0 saturated carbocycles.